The van der Waals surface area contributed by atoms with Gasteiger partial charge in [0.15, 0.2) is 0 Å². The fraction of sp³-hybridized carbons (Fsp3) is 0. The van der Waals surface area contributed by atoms with Crippen LogP contribution in [0.4, 0.5) is 0 Å². The average Bonchev–Trinajstić information content (AvgIpc) is 0.722. The first-order valence-electron chi connectivity index (χ1n) is 0.667. The van der Waals surface area contributed by atoms with Crippen LogP contribution in [0.5, 0.6) is 0 Å². The summed E-state index contributed by atoms with van der Waals surface area (Å²) in [6.45, 7) is 0. The predicted octanol–water partition coefficient (Wildman–Crippen LogP) is -17.1. The monoisotopic (exact) mass is 414 g/mol. The van der Waals surface area contributed by atoms with Gasteiger partial charge in [0, 0.05) is 0 Å². The molecule has 0 spiro atoms. The third-order valence-electron chi connectivity index (χ3n) is 0. The summed E-state index contributed by atoms with van der Waals surface area (Å²) in [7, 11) is -4.33. The first-order valence-corrected chi connectivity index (χ1v) is 3.00. The summed E-state index contributed by atoms with van der Waals surface area (Å²) in [6, 6.07) is 0. The second kappa shape index (κ2) is 43.2. The molecule has 0 unspecified atom stereocenters. The van der Waals surface area contributed by atoms with Gasteiger partial charge in [0.2, 0.25) is 0 Å². The van der Waals surface area contributed by atoms with Gasteiger partial charge in [-0.3, -0.25) is 4.21 Å². The van der Waals surface area contributed by atoms with Crippen LogP contribution in [0.3, 0.4) is 0 Å². The minimum atomic E-state index is -4.33. The van der Waals surface area contributed by atoms with Crippen LogP contribution >= 0.6 is 0 Å². The molecule has 0 saturated heterocycles. The molecular formula is H10IKNa2O8S2. The van der Waals surface area contributed by atoms with E-state index in [4.69, 9.17) is 13.3 Å². The molecule has 0 aliphatic rings. The van der Waals surface area contributed by atoms with E-state index < -0.39 is 9.05 Å². The Bertz CT molecular complexity index is 109. The standard InChI is InChI=1S/HI.K.2Na.H2O3S2.5H2O/c;;;;1-5(2,3)4;;;;;/h1H;;;;(H2,1,2,3,4);5*1H2/q;3*+1;;;;;;/p-3. The Kier molecular flexibility index (Phi) is 243. The maximum atomic E-state index is 8.89. The Balaban J connectivity index is -0.00000000222. The molecule has 8 nitrogen and oxygen atoms in total. The van der Waals surface area contributed by atoms with Crippen molar-refractivity contribution in [2.75, 3.05) is 0 Å². The van der Waals surface area contributed by atoms with E-state index in [2.05, 4.69) is 11.2 Å². The van der Waals surface area contributed by atoms with Crippen molar-refractivity contribution in [3.63, 3.8) is 0 Å². The zero-order chi connectivity index (χ0) is 4.50. The summed E-state index contributed by atoms with van der Waals surface area (Å²) >= 11 is 3.24. The van der Waals surface area contributed by atoms with Crippen molar-refractivity contribution in [2.45, 2.75) is 0 Å². The molecule has 0 bridgehead atoms. The largest absolute Gasteiger partial charge is 1.00 e. The van der Waals surface area contributed by atoms with Gasteiger partial charge >= 0.3 is 110 Å². The minimum absolute atomic E-state index is 0. The Morgan fingerprint density at radius 3 is 0.857 bits per heavy atom. The molecule has 14 heavy (non-hydrogen) atoms. The molecule has 10 N–H and O–H groups in total. The molecule has 0 aliphatic heterocycles. The van der Waals surface area contributed by atoms with Gasteiger partial charge in [-0.25, -0.2) is 0 Å². The molecule has 0 aromatic carbocycles. The van der Waals surface area contributed by atoms with Gasteiger partial charge in [-0.05, 0) is 11.2 Å². The Morgan fingerprint density at radius 2 is 0.857 bits per heavy atom. The Labute approximate surface area is 191 Å². The molecule has 0 amide bonds. The SMILES string of the molecule is O.O.O.O.O.O=S([O-])([O-])=S.[I-].[K+].[Na+].[Na+]. The quantitative estimate of drug-likeness (QED) is 0.278. The van der Waals surface area contributed by atoms with E-state index in [9.17, 15) is 0 Å². The van der Waals surface area contributed by atoms with Gasteiger partial charge in [-0.2, -0.15) is 0 Å². The van der Waals surface area contributed by atoms with Crippen LogP contribution in [0.2, 0.25) is 0 Å². The number of halogens is 1. The molecule has 80 valence electrons. The summed E-state index contributed by atoms with van der Waals surface area (Å²) in [5.41, 5.74) is 0. The van der Waals surface area contributed by atoms with Crippen molar-refractivity contribution in [1.82, 2.24) is 0 Å². The van der Waals surface area contributed by atoms with E-state index >= 15 is 0 Å². The summed E-state index contributed by atoms with van der Waals surface area (Å²) in [5.74, 6) is 0. The molecule has 0 saturated carbocycles. The topological polar surface area (TPSA) is 221 Å². The summed E-state index contributed by atoms with van der Waals surface area (Å²) < 4.78 is 26.7. The van der Waals surface area contributed by atoms with E-state index in [1.54, 1.807) is 0 Å². The number of hydrogen-bond acceptors (Lipinski definition) is 4. The van der Waals surface area contributed by atoms with Crippen molar-refractivity contribution in [1.29, 1.82) is 0 Å². The molecule has 0 fully saturated rings. The Hall–Kier alpha value is 4.46. The van der Waals surface area contributed by atoms with Crippen LogP contribution in [0.15, 0.2) is 0 Å². The summed E-state index contributed by atoms with van der Waals surface area (Å²) in [6.07, 6.45) is 0. The fourth-order valence-corrected chi connectivity index (χ4v) is 0. The van der Waals surface area contributed by atoms with Crippen LogP contribution in [0.25, 0.3) is 0 Å². The molecule has 0 aromatic heterocycles. The van der Waals surface area contributed by atoms with E-state index in [0.717, 1.165) is 0 Å². The van der Waals surface area contributed by atoms with Crippen molar-refractivity contribution < 1.29 is 175 Å². The van der Waals surface area contributed by atoms with Crippen molar-refractivity contribution in [2.24, 2.45) is 0 Å². The third kappa shape index (κ3) is 198. The average molecular weight is 414 g/mol. The summed E-state index contributed by atoms with van der Waals surface area (Å²) in [5, 5.41) is 0. The predicted molar refractivity (Wildman–Crippen MR) is 35.1 cm³/mol. The zero-order valence-corrected chi connectivity index (χ0v) is 18.8. The fourth-order valence-electron chi connectivity index (χ4n) is 0. The van der Waals surface area contributed by atoms with Crippen LogP contribution in [-0.4, -0.2) is 40.7 Å². The normalized spacial score (nSPS) is 4.14. The smallest absolute Gasteiger partial charge is 1.00 e. The van der Waals surface area contributed by atoms with Crippen molar-refractivity contribution >= 4 is 20.2 Å². The molecule has 0 aromatic rings. The zero-order valence-electron chi connectivity index (χ0n) is 7.92. The molecule has 0 aliphatic carbocycles. The summed E-state index contributed by atoms with van der Waals surface area (Å²) in [4.78, 5) is 0. The molecule has 0 radical (unpaired) electrons. The van der Waals surface area contributed by atoms with Crippen molar-refractivity contribution in [3.8, 4) is 0 Å². The molecule has 0 atom stereocenters. The maximum Gasteiger partial charge on any atom is 1.00 e. The van der Waals surface area contributed by atoms with Crippen LogP contribution in [0.1, 0.15) is 0 Å². The number of rotatable bonds is 0. The molecule has 0 heterocycles. The molecule has 14 heteroatoms. The van der Waals surface area contributed by atoms with Gasteiger partial charge in [0.1, 0.15) is 0 Å². The Morgan fingerprint density at radius 1 is 0.857 bits per heavy atom. The van der Waals surface area contributed by atoms with E-state index in [1.807, 2.05) is 0 Å². The van der Waals surface area contributed by atoms with Crippen LogP contribution in [-0.2, 0) is 20.2 Å². The third-order valence-corrected chi connectivity index (χ3v) is 0. The molecular weight excluding hydrogens is 404 g/mol. The van der Waals surface area contributed by atoms with E-state index in [1.165, 1.54) is 0 Å². The van der Waals surface area contributed by atoms with E-state index in [-0.39, 0.29) is 162 Å². The van der Waals surface area contributed by atoms with Gasteiger partial charge in [-0.15, -0.1) is 9.05 Å². The first-order chi connectivity index (χ1) is 2.00. The van der Waals surface area contributed by atoms with Gasteiger partial charge in [-0.1, -0.05) is 0 Å². The van der Waals surface area contributed by atoms with Crippen molar-refractivity contribution in [3.05, 3.63) is 0 Å². The van der Waals surface area contributed by atoms with E-state index in [0.29, 0.717) is 0 Å². The van der Waals surface area contributed by atoms with Crippen LogP contribution in [0, 0.1) is 0 Å². The first kappa shape index (κ1) is 78.6. The second-order valence-electron chi connectivity index (χ2n) is 0.408. The number of hydrogen-bond donors (Lipinski definition) is 0. The van der Waals surface area contributed by atoms with Gasteiger partial charge < -0.3 is 60.5 Å². The maximum absolute atomic E-state index is 8.89. The second-order valence-corrected chi connectivity index (χ2v) is 2.45. The van der Waals surface area contributed by atoms with Crippen LogP contribution < -0.4 is 134 Å². The molecule has 0 rings (SSSR count). The van der Waals surface area contributed by atoms with Gasteiger partial charge in [0.05, 0.1) is 0 Å². The van der Waals surface area contributed by atoms with Gasteiger partial charge in [0.25, 0.3) is 0 Å². The minimum Gasteiger partial charge on any atom is -1.00 e.